The molecule has 7 heteroatoms. The second kappa shape index (κ2) is 5.49. The zero-order chi connectivity index (χ0) is 14.8. The van der Waals surface area contributed by atoms with Crippen LogP contribution in [0.15, 0.2) is 36.7 Å². The van der Waals surface area contributed by atoms with Gasteiger partial charge in [-0.2, -0.15) is 0 Å². The molecule has 106 valence electrons. The molecule has 0 unspecified atom stereocenters. The van der Waals surface area contributed by atoms with Crippen LogP contribution in [0.3, 0.4) is 0 Å². The van der Waals surface area contributed by atoms with Crippen LogP contribution in [0.25, 0.3) is 5.78 Å². The van der Waals surface area contributed by atoms with E-state index in [1.54, 1.807) is 34.7 Å². The highest BCUT2D eigenvalue weighted by Gasteiger charge is 2.10. The Morgan fingerprint density at radius 1 is 1.33 bits per heavy atom. The van der Waals surface area contributed by atoms with E-state index in [2.05, 4.69) is 15.2 Å². The molecule has 0 saturated carbocycles. The molecule has 0 aliphatic rings. The third kappa shape index (κ3) is 2.85. The number of carbonyl (C=O) groups excluding carboxylic acids is 1. The Labute approximate surface area is 125 Å². The number of aryl methyl sites for hydroxylation is 1. The van der Waals surface area contributed by atoms with Crippen molar-refractivity contribution in [2.45, 2.75) is 6.92 Å². The van der Waals surface area contributed by atoms with Crippen molar-refractivity contribution in [3.63, 3.8) is 0 Å². The summed E-state index contributed by atoms with van der Waals surface area (Å²) in [6.07, 6.45) is 1.49. The summed E-state index contributed by atoms with van der Waals surface area (Å²) in [5.41, 5.74) is 1.29. The average Bonchev–Trinajstić information content (AvgIpc) is 2.93. The summed E-state index contributed by atoms with van der Waals surface area (Å²) in [4.78, 5) is 16.3. The van der Waals surface area contributed by atoms with Gasteiger partial charge in [-0.3, -0.25) is 4.79 Å². The quantitative estimate of drug-likeness (QED) is 0.692. The predicted octanol–water partition coefficient (Wildman–Crippen LogP) is 2.35. The average molecular weight is 303 g/mol. The molecule has 0 radical (unpaired) electrons. The van der Waals surface area contributed by atoms with E-state index in [0.29, 0.717) is 22.2 Å². The van der Waals surface area contributed by atoms with E-state index >= 15 is 0 Å². The number of ether oxygens (including phenoxy) is 1. The van der Waals surface area contributed by atoms with Gasteiger partial charge in [-0.15, -0.1) is 10.2 Å². The fraction of sp³-hybridized carbons (Fsp3) is 0.143. The maximum atomic E-state index is 12.1. The number of aromatic nitrogens is 4. The number of hydrogen-bond acceptors (Lipinski definition) is 5. The number of hydrogen-bond donors (Lipinski definition) is 0. The van der Waals surface area contributed by atoms with Gasteiger partial charge in [0.2, 0.25) is 5.88 Å². The first-order valence-electron chi connectivity index (χ1n) is 6.22. The number of fused-ring (bicyclic) bond motifs is 1. The van der Waals surface area contributed by atoms with Crippen LogP contribution < -0.4 is 4.74 Å². The van der Waals surface area contributed by atoms with Gasteiger partial charge in [0.05, 0.1) is 0 Å². The molecule has 0 saturated heterocycles. The van der Waals surface area contributed by atoms with Crippen LogP contribution in [-0.4, -0.2) is 32.0 Å². The van der Waals surface area contributed by atoms with Crippen molar-refractivity contribution in [1.29, 1.82) is 0 Å². The van der Waals surface area contributed by atoms with Crippen LogP contribution in [0.2, 0.25) is 5.02 Å². The Hall–Kier alpha value is -2.47. The van der Waals surface area contributed by atoms with Crippen LogP contribution in [-0.2, 0) is 0 Å². The number of Topliss-reactive ketones (excluding diaryl/α,β-unsaturated/α-hetero) is 1. The lowest BCUT2D eigenvalue weighted by molar-refractivity contribution is 0.0917. The van der Waals surface area contributed by atoms with Crippen molar-refractivity contribution in [3.05, 3.63) is 52.9 Å². The number of benzene rings is 1. The van der Waals surface area contributed by atoms with E-state index in [1.165, 1.54) is 6.33 Å². The molecule has 0 aliphatic carbocycles. The molecule has 2 aromatic heterocycles. The highest BCUT2D eigenvalue weighted by molar-refractivity contribution is 6.30. The maximum absolute atomic E-state index is 12.1. The molecule has 0 spiro atoms. The van der Waals surface area contributed by atoms with Crippen molar-refractivity contribution < 1.29 is 9.53 Å². The number of ketones is 1. The minimum absolute atomic E-state index is 0.0850. The van der Waals surface area contributed by atoms with Crippen LogP contribution in [0.4, 0.5) is 0 Å². The predicted molar refractivity (Wildman–Crippen MR) is 76.8 cm³/mol. The molecule has 0 aliphatic heterocycles. The van der Waals surface area contributed by atoms with Gasteiger partial charge in [-0.25, -0.2) is 9.38 Å². The number of halogens is 1. The van der Waals surface area contributed by atoms with E-state index in [1.807, 2.05) is 6.92 Å². The maximum Gasteiger partial charge on any atom is 0.257 e. The van der Waals surface area contributed by atoms with E-state index in [-0.39, 0.29) is 12.4 Å². The SMILES string of the molecule is Cc1cc(OCC(=O)c2ccc(Cl)cc2)n2cnnc2n1. The molecule has 1 aromatic carbocycles. The van der Waals surface area contributed by atoms with Gasteiger partial charge in [0, 0.05) is 22.3 Å². The van der Waals surface area contributed by atoms with E-state index in [4.69, 9.17) is 16.3 Å². The minimum Gasteiger partial charge on any atom is -0.470 e. The molecule has 0 N–H and O–H groups in total. The first kappa shape index (κ1) is 13.5. The lowest BCUT2D eigenvalue weighted by Gasteiger charge is -2.08. The van der Waals surface area contributed by atoms with E-state index in [9.17, 15) is 4.79 Å². The van der Waals surface area contributed by atoms with Crippen LogP contribution in [0.5, 0.6) is 5.88 Å². The fourth-order valence-electron chi connectivity index (χ4n) is 1.87. The summed E-state index contributed by atoms with van der Waals surface area (Å²) in [5.74, 6) is 0.774. The molecule has 3 aromatic rings. The van der Waals surface area contributed by atoms with Crippen molar-refractivity contribution in [1.82, 2.24) is 19.6 Å². The summed E-state index contributed by atoms with van der Waals surface area (Å²) in [6.45, 7) is 1.74. The molecule has 2 heterocycles. The van der Waals surface area contributed by atoms with Crippen molar-refractivity contribution >= 4 is 23.2 Å². The van der Waals surface area contributed by atoms with Crippen molar-refractivity contribution in [2.75, 3.05) is 6.61 Å². The summed E-state index contributed by atoms with van der Waals surface area (Å²) < 4.78 is 7.15. The lowest BCUT2D eigenvalue weighted by Crippen LogP contribution is -2.13. The van der Waals surface area contributed by atoms with Gasteiger partial charge < -0.3 is 4.74 Å². The highest BCUT2D eigenvalue weighted by Crippen LogP contribution is 2.15. The van der Waals surface area contributed by atoms with Gasteiger partial charge in [0.1, 0.15) is 6.33 Å². The monoisotopic (exact) mass is 302 g/mol. The molecule has 6 nitrogen and oxygen atoms in total. The van der Waals surface area contributed by atoms with Crippen LogP contribution in [0, 0.1) is 6.92 Å². The summed E-state index contributed by atoms with van der Waals surface area (Å²) in [7, 11) is 0. The van der Waals surface area contributed by atoms with E-state index in [0.717, 1.165) is 5.69 Å². The Morgan fingerprint density at radius 3 is 2.86 bits per heavy atom. The topological polar surface area (TPSA) is 69.4 Å². The Kier molecular flexibility index (Phi) is 3.53. The van der Waals surface area contributed by atoms with Crippen molar-refractivity contribution in [3.8, 4) is 5.88 Å². The molecular formula is C14H11ClN4O2. The minimum atomic E-state index is -0.137. The molecule has 21 heavy (non-hydrogen) atoms. The number of nitrogens with zero attached hydrogens (tertiary/aromatic N) is 4. The Morgan fingerprint density at radius 2 is 2.10 bits per heavy atom. The first-order chi connectivity index (χ1) is 10.1. The molecule has 3 rings (SSSR count). The highest BCUT2D eigenvalue weighted by atomic mass is 35.5. The van der Waals surface area contributed by atoms with E-state index < -0.39 is 0 Å². The summed E-state index contributed by atoms with van der Waals surface area (Å²) in [5, 5.41) is 8.21. The Bertz CT molecular complexity index is 798. The molecule has 0 amide bonds. The molecular weight excluding hydrogens is 292 g/mol. The molecule has 0 fully saturated rings. The zero-order valence-corrected chi connectivity index (χ0v) is 11.9. The van der Waals surface area contributed by atoms with Crippen molar-refractivity contribution in [2.24, 2.45) is 0 Å². The standard InChI is InChI=1S/C14H11ClN4O2/c1-9-6-13(19-8-16-18-14(19)17-9)21-7-12(20)10-2-4-11(15)5-3-10/h2-6,8H,7H2,1H3. The second-order valence-electron chi connectivity index (χ2n) is 4.46. The fourth-order valence-corrected chi connectivity index (χ4v) is 1.99. The van der Waals surface area contributed by atoms with Crippen LogP contribution in [0.1, 0.15) is 16.1 Å². The van der Waals surface area contributed by atoms with Gasteiger partial charge >= 0.3 is 0 Å². The molecule has 0 bridgehead atoms. The lowest BCUT2D eigenvalue weighted by atomic mass is 10.1. The number of carbonyl (C=O) groups is 1. The van der Waals surface area contributed by atoms with Gasteiger partial charge in [-0.1, -0.05) is 11.6 Å². The second-order valence-corrected chi connectivity index (χ2v) is 4.89. The zero-order valence-electron chi connectivity index (χ0n) is 11.2. The largest absolute Gasteiger partial charge is 0.470 e. The normalized spacial score (nSPS) is 10.8. The Balaban J connectivity index is 1.78. The third-order valence-electron chi connectivity index (χ3n) is 2.89. The first-order valence-corrected chi connectivity index (χ1v) is 6.60. The van der Waals surface area contributed by atoms with Gasteiger partial charge in [0.15, 0.2) is 12.4 Å². The molecule has 0 atom stereocenters. The smallest absolute Gasteiger partial charge is 0.257 e. The summed E-state index contributed by atoms with van der Waals surface area (Å²) in [6, 6.07) is 8.40. The third-order valence-corrected chi connectivity index (χ3v) is 3.15. The van der Waals surface area contributed by atoms with Crippen LogP contribution >= 0.6 is 11.6 Å². The van der Waals surface area contributed by atoms with Gasteiger partial charge in [-0.05, 0) is 31.2 Å². The number of rotatable bonds is 4. The van der Waals surface area contributed by atoms with Gasteiger partial charge in [0.25, 0.3) is 5.78 Å². The summed E-state index contributed by atoms with van der Waals surface area (Å²) >= 11 is 5.79.